The third-order valence-electron chi connectivity index (χ3n) is 8.30. The number of phenols is 1. The molecule has 2 saturated heterocycles. The Labute approximate surface area is 230 Å². The van der Waals surface area contributed by atoms with Gasteiger partial charge < -0.3 is 14.8 Å². The second-order valence-electron chi connectivity index (χ2n) is 10.9. The van der Waals surface area contributed by atoms with Crippen molar-refractivity contribution in [2.24, 2.45) is 17.8 Å². The average Bonchev–Trinajstić information content (AvgIpc) is 3.17. The number of pyridine rings is 1. The third-order valence-corrected chi connectivity index (χ3v) is 8.30. The van der Waals surface area contributed by atoms with Crippen LogP contribution in [0.15, 0.2) is 59.8 Å². The van der Waals surface area contributed by atoms with Gasteiger partial charge in [0, 0.05) is 12.7 Å². The number of carbonyl (C=O) groups is 2. The fourth-order valence-electron chi connectivity index (χ4n) is 6.70. The fraction of sp³-hybridized carbons (Fsp3) is 0.452. The normalized spacial score (nSPS) is 25.3. The van der Waals surface area contributed by atoms with E-state index in [0.717, 1.165) is 41.7 Å². The molecule has 8 heteroatoms. The van der Waals surface area contributed by atoms with E-state index in [1.165, 1.54) is 10.5 Å². The van der Waals surface area contributed by atoms with Gasteiger partial charge in [0.2, 0.25) is 11.8 Å². The zero-order chi connectivity index (χ0) is 27.5. The van der Waals surface area contributed by atoms with Crippen molar-refractivity contribution in [3.8, 4) is 5.75 Å². The first-order valence-corrected chi connectivity index (χ1v) is 14.2. The van der Waals surface area contributed by atoms with Crippen LogP contribution < -0.4 is 0 Å². The summed E-state index contributed by atoms with van der Waals surface area (Å²) in [6.07, 6.45) is 8.25. The molecule has 2 amide bonds. The molecule has 204 valence electrons. The highest BCUT2D eigenvalue weighted by molar-refractivity contribution is 6.43. The summed E-state index contributed by atoms with van der Waals surface area (Å²) in [5.41, 5.74) is 5.19. The van der Waals surface area contributed by atoms with Gasteiger partial charge in [-0.15, -0.1) is 0 Å². The van der Waals surface area contributed by atoms with Crippen LogP contribution in [0, 0.1) is 17.8 Å². The van der Waals surface area contributed by atoms with E-state index in [1.807, 2.05) is 37.3 Å². The van der Waals surface area contributed by atoms with Gasteiger partial charge in [-0.1, -0.05) is 44.0 Å². The van der Waals surface area contributed by atoms with Crippen LogP contribution in [0.2, 0.25) is 6.32 Å². The Morgan fingerprint density at radius 1 is 1.10 bits per heavy atom. The molecular formula is C31H37BN2O5. The molecule has 39 heavy (non-hydrogen) atoms. The molecule has 0 bridgehead atoms. The van der Waals surface area contributed by atoms with Gasteiger partial charge in [0.25, 0.3) is 0 Å². The summed E-state index contributed by atoms with van der Waals surface area (Å²) in [6.45, 7) is 4.56. The van der Waals surface area contributed by atoms with Gasteiger partial charge in [0.15, 0.2) is 0 Å². The van der Waals surface area contributed by atoms with Crippen LogP contribution in [0.1, 0.15) is 63.6 Å². The van der Waals surface area contributed by atoms with Gasteiger partial charge in [-0.25, -0.2) is 0 Å². The summed E-state index contributed by atoms with van der Waals surface area (Å²) in [6, 6.07) is 12.9. The molecule has 0 radical (unpaired) electrons. The van der Waals surface area contributed by atoms with Gasteiger partial charge in [-0.2, -0.15) is 0 Å². The molecule has 2 N–H and O–H groups in total. The van der Waals surface area contributed by atoms with E-state index in [4.69, 9.17) is 4.65 Å². The highest BCUT2D eigenvalue weighted by Gasteiger charge is 2.56. The SMILES string of the molecule is CCCC1=C2[C@@H](CC/C(=C/c3ccc(O)cc3)c3ccccn3)OB(O)C[C@@H]2[C@@H]2C(=O)N(CCC)C(=O)[C@@H]2C1. The van der Waals surface area contributed by atoms with Gasteiger partial charge in [-0.3, -0.25) is 19.5 Å². The first-order valence-electron chi connectivity index (χ1n) is 14.2. The summed E-state index contributed by atoms with van der Waals surface area (Å²) in [7, 11) is -0.979. The Morgan fingerprint density at radius 2 is 1.90 bits per heavy atom. The number of benzene rings is 1. The van der Waals surface area contributed by atoms with Crippen molar-refractivity contribution >= 4 is 30.6 Å². The van der Waals surface area contributed by atoms with Crippen LogP contribution in [0.4, 0.5) is 0 Å². The quantitative estimate of drug-likeness (QED) is 0.267. The monoisotopic (exact) mass is 528 g/mol. The minimum Gasteiger partial charge on any atom is -0.508 e. The molecule has 0 spiro atoms. The van der Waals surface area contributed by atoms with Crippen LogP contribution in [-0.2, 0) is 14.2 Å². The minimum absolute atomic E-state index is 0.0497. The number of phenolic OH excluding ortho intramolecular Hbond substituents is 1. The number of amides is 2. The number of hydrogen-bond donors (Lipinski definition) is 2. The smallest absolute Gasteiger partial charge is 0.455 e. The first-order chi connectivity index (χ1) is 18.9. The summed E-state index contributed by atoms with van der Waals surface area (Å²) in [5, 5.41) is 20.5. The Hall–Kier alpha value is -3.23. The van der Waals surface area contributed by atoms with Crippen LogP contribution >= 0.6 is 0 Å². The standard InChI is InChI=1S/C31H37BN2O5/c1-3-7-22-18-24-29(31(37)34(16-4-2)30(24)36)25-19-32(38)39-27(28(22)25)14-11-21(26-8-5-6-15-33-26)17-20-9-12-23(35)13-10-20/h5-6,8-10,12-13,15,17,24-25,27,29,35,38H,3-4,7,11,14,16,18-19H2,1-2H3/b21-17-/t24-,25+,27-,29-/m1/s1. The van der Waals surface area contributed by atoms with Gasteiger partial charge in [0.05, 0.1) is 23.6 Å². The molecule has 1 aromatic carbocycles. The molecule has 3 heterocycles. The van der Waals surface area contributed by atoms with Crippen molar-refractivity contribution in [3.05, 3.63) is 71.1 Å². The summed E-state index contributed by atoms with van der Waals surface area (Å²) >= 11 is 0. The van der Waals surface area contributed by atoms with E-state index < -0.39 is 13.0 Å². The lowest BCUT2D eigenvalue weighted by atomic mass is 9.58. The number of aromatic nitrogens is 1. The molecule has 0 saturated carbocycles. The lowest BCUT2D eigenvalue weighted by Crippen LogP contribution is -2.46. The van der Waals surface area contributed by atoms with Gasteiger partial charge >= 0.3 is 7.12 Å². The highest BCUT2D eigenvalue weighted by atomic mass is 16.5. The molecular weight excluding hydrogens is 491 g/mol. The van der Waals surface area contributed by atoms with Crippen LogP contribution in [0.5, 0.6) is 5.75 Å². The Kier molecular flexibility index (Phi) is 8.33. The zero-order valence-corrected chi connectivity index (χ0v) is 22.8. The van der Waals surface area contributed by atoms with Crippen molar-refractivity contribution < 1.29 is 24.4 Å². The molecule has 5 rings (SSSR count). The number of allylic oxidation sites excluding steroid dienone is 2. The summed E-state index contributed by atoms with van der Waals surface area (Å²) < 4.78 is 6.18. The van der Waals surface area contributed by atoms with Crippen molar-refractivity contribution in [2.45, 2.75) is 64.8 Å². The van der Waals surface area contributed by atoms with Crippen molar-refractivity contribution in [3.63, 3.8) is 0 Å². The zero-order valence-electron chi connectivity index (χ0n) is 22.8. The second-order valence-corrected chi connectivity index (χ2v) is 10.9. The Morgan fingerprint density at radius 3 is 2.59 bits per heavy atom. The Bertz CT molecular complexity index is 1260. The number of hydrogen-bond acceptors (Lipinski definition) is 6. The summed E-state index contributed by atoms with van der Waals surface area (Å²) in [4.78, 5) is 32.8. The number of likely N-dealkylation sites (tertiary alicyclic amines) is 1. The van der Waals surface area contributed by atoms with Crippen LogP contribution in [0.25, 0.3) is 11.6 Å². The maximum atomic E-state index is 13.5. The average molecular weight is 528 g/mol. The lowest BCUT2D eigenvalue weighted by Gasteiger charge is -2.43. The van der Waals surface area contributed by atoms with Crippen molar-refractivity contribution in [1.82, 2.24) is 9.88 Å². The van der Waals surface area contributed by atoms with E-state index in [-0.39, 0.29) is 35.5 Å². The molecule has 2 aromatic rings. The predicted molar refractivity (Wildman–Crippen MR) is 151 cm³/mol. The third kappa shape index (κ3) is 5.59. The number of nitrogens with zero attached hydrogens (tertiary/aromatic N) is 2. The van der Waals surface area contributed by atoms with Crippen LogP contribution in [-0.4, -0.2) is 51.6 Å². The van der Waals surface area contributed by atoms with E-state index >= 15 is 0 Å². The van der Waals surface area contributed by atoms with Crippen LogP contribution in [0.3, 0.4) is 0 Å². The molecule has 3 aliphatic rings. The Balaban J connectivity index is 1.46. The minimum atomic E-state index is -0.979. The van der Waals surface area contributed by atoms with E-state index in [1.54, 1.807) is 18.3 Å². The molecule has 2 aliphatic heterocycles. The van der Waals surface area contributed by atoms with Gasteiger partial charge in [0.1, 0.15) is 5.75 Å². The largest absolute Gasteiger partial charge is 0.508 e. The lowest BCUT2D eigenvalue weighted by molar-refractivity contribution is -0.140. The predicted octanol–water partition coefficient (Wildman–Crippen LogP) is 5.12. The van der Waals surface area contributed by atoms with E-state index in [9.17, 15) is 19.7 Å². The number of fused-ring (bicyclic) bond motifs is 3. The molecule has 0 unspecified atom stereocenters. The molecule has 7 nitrogen and oxygen atoms in total. The molecule has 4 atom stereocenters. The molecule has 1 aromatic heterocycles. The second kappa shape index (κ2) is 11.9. The van der Waals surface area contributed by atoms with Crippen molar-refractivity contribution in [2.75, 3.05) is 6.54 Å². The highest BCUT2D eigenvalue weighted by Crippen LogP contribution is 2.51. The maximum Gasteiger partial charge on any atom is 0.455 e. The first kappa shape index (κ1) is 27.3. The van der Waals surface area contributed by atoms with Crippen molar-refractivity contribution in [1.29, 1.82) is 0 Å². The number of aromatic hydroxyl groups is 1. The van der Waals surface area contributed by atoms with E-state index in [2.05, 4.69) is 18.0 Å². The summed E-state index contributed by atoms with van der Waals surface area (Å²) in [5.74, 6) is -0.847. The molecule has 2 fully saturated rings. The maximum absolute atomic E-state index is 13.5. The topological polar surface area (TPSA) is 100.0 Å². The fourth-order valence-corrected chi connectivity index (χ4v) is 6.70. The number of rotatable bonds is 9. The van der Waals surface area contributed by atoms with E-state index in [0.29, 0.717) is 32.1 Å². The number of imide groups is 1. The number of carbonyl (C=O) groups excluding carboxylic acids is 2. The molecule has 1 aliphatic carbocycles. The van der Waals surface area contributed by atoms with Gasteiger partial charge in [-0.05, 0) is 91.4 Å².